The van der Waals surface area contributed by atoms with Gasteiger partial charge in [0.25, 0.3) is 0 Å². The lowest BCUT2D eigenvalue weighted by atomic mass is 9.94. The number of aromatic nitrogens is 2. The van der Waals surface area contributed by atoms with Gasteiger partial charge in [-0.25, -0.2) is 0 Å². The van der Waals surface area contributed by atoms with Crippen molar-refractivity contribution in [2.45, 2.75) is 32.5 Å². The summed E-state index contributed by atoms with van der Waals surface area (Å²) in [6.07, 6.45) is 0.687. The number of fused-ring (bicyclic) bond motifs is 5. The van der Waals surface area contributed by atoms with E-state index in [2.05, 4.69) is 10.2 Å². The molecule has 0 radical (unpaired) electrons. The molecule has 2 aromatic heterocycles. The molecule has 8 heteroatoms. The van der Waals surface area contributed by atoms with Crippen molar-refractivity contribution >= 4 is 44.8 Å². The van der Waals surface area contributed by atoms with Crippen LogP contribution in [0, 0.1) is 0 Å². The Kier molecular flexibility index (Phi) is 3.28. The number of benzene rings is 1. The molecular weight excluding hydrogens is 368 g/mol. The molecule has 130 valence electrons. The minimum atomic E-state index is -0.302. The van der Waals surface area contributed by atoms with Gasteiger partial charge in [-0.05, 0) is 43.8 Å². The minimum absolute atomic E-state index is 0.0868. The topological polar surface area (TPSA) is 59.8 Å². The van der Waals surface area contributed by atoms with Crippen LogP contribution in [0.15, 0.2) is 45.4 Å². The van der Waals surface area contributed by atoms with Gasteiger partial charge in [0.05, 0.1) is 23.0 Å². The first kappa shape index (κ1) is 15.9. The summed E-state index contributed by atoms with van der Waals surface area (Å²) in [7, 11) is 0. The van der Waals surface area contributed by atoms with E-state index in [4.69, 9.17) is 17.0 Å². The first-order valence-electron chi connectivity index (χ1n) is 8.27. The lowest BCUT2D eigenvalue weighted by Crippen LogP contribution is -2.43. The Bertz CT molecular complexity index is 1180. The highest BCUT2D eigenvalue weighted by Crippen LogP contribution is 2.37. The van der Waals surface area contributed by atoms with Crippen LogP contribution in [0.4, 0.5) is 5.95 Å². The molecule has 5 rings (SSSR count). The second kappa shape index (κ2) is 5.35. The maximum absolute atomic E-state index is 13.5. The van der Waals surface area contributed by atoms with Crippen LogP contribution in [-0.2, 0) is 17.8 Å². The molecule has 0 spiro atoms. The average molecular weight is 383 g/mol. The van der Waals surface area contributed by atoms with Crippen molar-refractivity contribution in [1.29, 1.82) is 0 Å². The van der Waals surface area contributed by atoms with E-state index in [9.17, 15) is 4.79 Å². The standard InChI is InChI=1S/C18H15N4O2S2/c1-18(2)8-11-12(9-24-18)26-15-13(11)14(23)21(10-6-4-3-5-7-10)16-19-20-17(25)22(15)16/h3-7H,8-9H2,1-2H3/q+1. The van der Waals surface area contributed by atoms with Crippen LogP contribution in [0.5, 0.6) is 0 Å². The van der Waals surface area contributed by atoms with Crippen molar-refractivity contribution in [3.63, 3.8) is 0 Å². The first-order valence-corrected chi connectivity index (χ1v) is 9.49. The van der Waals surface area contributed by atoms with Crippen molar-refractivity contribution in [2.24, 2.45) is 10.2 Å². The van der Waals surface area contributed by atoms with E-state index in [1.165, 1.54) is 0 Å². The van der Waals surface area contributed by atoms with Crippen molar-refractivity contribution < 1.29 is 9.30 Å². The van der Waals surface area contributed by atoms with Crippen LogP contribution in [0.3, 0.4) is 0 Å². The Morgan fingerprint density at radius 1 is 1.27 bits per heavy atom. The number of thiocarbonyl (C=S) groups is 1. The molecule has 2 aliphatic rings. The van der Waals surface area contributed by atoms with Gasteiger partial charge >= 0.3 is 16.6 Å². The highest BCUT2D eigenvalue weighted by molar-refractivity contribution is 7.79. The molecule has 1 aromatic carbocycles. The number of hydrogen-bond donors (Lipinski definition) is 0. The molecule has 3 aromatic rings. The van der Waals surface area contributed by atoms with Gasteiger partial charge in [-0.15, -0.1) is 11.3 Å². The fraction of sp³-hybridized carbons (Fsp3) is 0.278. The molecule has 0 atom stereocenters. The SMILES string of the molecule is CC1(C)Cc2c(sc3c2c(=O)n(-c2ccccc2)c2[n+]3C(=S)N=N2)CO1. The number of hydrogen-bond acceptors (Lipinski definition) is 5. The van der Waals surface area contributed by atoms with E-state index in [0.717, 1.165) is 21.0 Å². The molecule has 2 aliphatic heterocycles. The highest BCUT2D eigenvalue weighted by atomic mass is 32.1. The van der Waals surface area contributed by atoms with Gasteiger partial charge in [0.1, 0.15) is 5.39 Å². The predicted molar refractivity (Wildman–Crippen MR) is 103 cm³/mol. The summed E-state index contributed by atoms with van der Waals surface area (Å²) < 4.78 is 9.33. The third-order valence-electron chi connectivity index (χ3n) is 4.72. The Balaban J connectivity index is 1.93. The van der Waals surface area contributed by atoms with Crippen LogP contribution >= 0.6 is 23.6 Å². The molecule has 0 aliphatic carbocycles. The van der Waals surface area contributed by atoms with E-state index in [0.29, 0.717) is 29.5 Å². The number of azo groups is 1. The molecule has 0 fully saturated rings. The van der Waals surface area contributed by atoms with Crippen LogP contribution in [0.1, 0.15) is 24.3 Å². The van der Waals surface area contributed by atoms with Gasteiger partial charge in [-0.1, -0.05) is 18.2 Å². The lowest BCUT2D eigenvalue weighted by molar-refractivity contribution is -0.505. The number of ether oxygens (including phenoxy) is 1. The second-order valence-corrected chi connectivity index (χ2v) is 8.45. The number of thiophene rings is 1. The summed E-state index contributed by atoms with van der Waals surface area (Å²) in [5.74, 6) is 0.442. The Morgan fingerprint density at radius 2 is 2.04 bits per heavy atom. The van der Waals surface area contributed by atoms with Crippen LogP contribution in [0.2, 0.25) is 0 Å². The van der Waals surface area contributed by atoms with E-state index in [-0.39, 0.29) is 11.2 Å². The summed E-state index contributed by atoms with van der Waals surface area (Å²) in [4.78, 5) is 15.4. The average Bonchev–Trinajstić information content (AvgIpc) is 3.16. The summed E-state index contributed by atoms with van der Waals surface area (Å²) in [5.41, 5.74) is 1.42. The van der Waals surface area contributed by atoms with Crippen LogP contribution < -0.4 is 10.1 Å². The van der Waals surface area contributed by atoms with E-state index >= 15 is 0 Å². The number of nitrogens with zero attached hydrogens (tertiary/aromatic N) is 4. The molecule has 0 saturated heterocycles. The molecular formula is C18H15N4O2S2+. The van der Waals surface area contributed by atoms with Gasteiger partial charge in [0.15, 0.2) is 4.83 Å². The monoisotopic (exact) mass is 383 g/mol. The molecule has 4 heterocycles. The van der Waals surface area contributed by atoms with Crippen molar-refractivity contribution in [3.05, 3.63) is 51.1 Å². The molecule has 0 amide bonds. The molecule has 0 bridgehead atoms. The fourth-order valence-corrected chi connectivity index (χ4v) is 5.01. The largest absolute Gasteiger partial charge is 0.402 e. The Morgan fingerprint density at radius 3 is 2.81 bits per heavy atom. The van der Waals surface area contributed by atoms with Gasteiger partial charge in [-0.2, -0.15) is 9.13 Å². The molecule has 0 N–H and O–H groups in total. The summed E-state index contributed by atoms with van der Waals surface area (Å²) in [6, 6.07) is 9.48. The lowest BCUT2D eigenvalue weighted by Gasteiger charge is -2.29. The summed E-state index contributed by atoms with van der Waals surface area (Å²) in [6.45, 7) is 4.60. The zero-order valence-corrected chi connectivity index (χ0v) is 15.9. The number of para-hydroxylation sites is 1. The normalized spacial score (nSPS) is 17.5. The minimum Gasteiger partial charge on any atom is -0.370 e. The van der Waals surface area contributed by atoms with E-state index in [1.807, 2.05) is 44.2 Å². The molecule has 0 unspecified atom stereocenters. The first-order chi connectivity index (χ1) is 12.5. The quantitative estimate of drug-likeness (QED) is 0.478. The molecule has 6 nitrogen and oxygen atoms in total. The summed E-state index contributed by atoms with van der Waals surface area (Å²) in [5, 5.41) is 9.29. The van der Waals surface area contributed by atoms with Gasteiger partial charge in [0, 0.05) is 16.4 Å². The molecule has 26 heavy (non-hydrogen) atoms. The van der Waals surface area contributed by atoms with Crippen LogP contribution in [-0.4, -0.2) is 15.3 Å². The van der Waals surface area contributed by atoms with Crippen molar-refractivity contribution in [3.8, 4) is 5.69 Å². The third-order valence-corrected chi connectivity index (χ3v) is 6.17. The number of rotatable bonds is 1. The highest BCUT2D eigenvalue weighted by Gasteiger charge is 2.37. The van der Waals surface area contributed by atoms with Gasteiger partial charge in [-0.3, -0.25) is 4.79 Å². The summed E-state index contributed by atoms with van der Waals surface area (Å²) >= 11 is 6.95. The third kappa shape index (κ3) is 2.16. The zero-order valence-electron chi connectivity index (χ0n) is 14.2. The van der Waals surface area contributed by atoms with Crippen molar-refractivity contribution in [2.75, 3.05) is 0 Å². The maximum Gasteiger partial charge on any atom is 0.402 e. The van der Waals surface area contributed by atoms with Crippen molar-refractivity contribution in [1.82, 2.24) is 4.57 Å². The van der Waals surface area contributed by atoms with Gasteiger partial charge < -0.3 is 4.74 Å². The van der Waals surface area contributed by atoms with Crippen LogP contribution in [0.25, 0.3) is 15.9 Å². The van der Waals surface area contributed by atoms with E-state index < -0.39 is 0 Å². The Hall–Kier alpha value is -2.29. The second-order valence-electron chi connectivity index (χ2n) is 7.00. The zero-order chi connectivity index (χ0) is 18.1. The smallest absolute Gasteiger partial charge is 0.370 e. The Labute approximate surface area is 158 Å². The fourth-order valence-electron chi connectivity index (χ4n) is 3.51. The maximum atomic E-state index is 13.5. The predicted octanol–water partition coefficient (Wildman–Crippen LogP) is 3.42. The van der Waals surface area contributed by atoms with E-state index in [1.54, 1.807) is 20.5 Å². The van der Waals surface area contributed by atoms with Gasteiger partial charge in [0.2, 0.25) is 0 Å². The molecule has 0 saturated carbocycles.